The first-order valence-corrected chi connectivity index (χ1v) is 9.95. The van der Waals surface area contributed by atoms with Gasteiger partial charge < -0.3 is 4.18 Å². The first kappa shape index (κ1) is 17.3. The van der Waals surface area contributed by atoms with E-state index in [1.54, 1.807) is 0 Å². The first-order valence-electron chi connectivity index (χ1n) is 8.39. The fraction of sp³-hybridized carbons (Fsp3) is 0.136. The zero-order chi connectivity index (χ0) is 17.7. The maximum Gasteiger partial charge on any atom is 0.313 e. The minimum atomic E-state index is -2.11. The highest BCUT2D eigenvalue weighted by molar-refractivity contribution is 8.30. The second kappa shape index (κ2) is 7.58. The van der Waals surface area contributed by atoms with Gasteiger partial charge in [0.1, 0.15) is 0 Å². The lowest BCUT2D eigenvalue weighted by molar-refractivity contribution is -0.131. The Morgan fingerprint density at radius 2 is 1.20 bits per heavy atom. The number of benzene rings is 3. The van der Waals surface area contributed by atoms with Gasteiger partial charge in [0.2, 0.25) is 0 Å². The highest BCUT2D eigenvalue weighted by atomic mass is 32.3. The predicted octanol–water partition coefficient (Wildman–Crippen LogP) is 6.01. The van der Waals surface area contributed by atoms with Gasteiger partial charge in [0, 0.05) is 21.6 Å². The van der Waals surface area contributed by atoms with Gasteiger partial charge in [0.05, 0.1) is 0 Å². The van der Waals surface area contributed by atoms with E-state index in [1.807, 2.05) is 60.7 Å². The molecule has 0 amide bonds. The zero-order valence-electron chi connectivity index (χ0n) is 14.5. The molecule has 0 saturated heterocycles. The van der Waals surface area contributed by atoms with Crippen molar-refractivity contribution in [1.82, 2.24) is 0 Å². The third kappa shape index (κ3) is 3.47. The summed E-state index contributed by atoms with van der Waals surface area (Å²) in [5, 5.41) is 0. The lowest BCUT2D eigenvalue weighted by Crippen LogP contribution is -2.11. The fourth-order valence-electron chi connectivity index (χ4n) is 2.87. The summed E-state index contributed by atoms with van der Waals surface area (Å²) >= 11 is 0. The second-order valence-corrected chi connectivity index (χ2v) is 8.45. The van der Waals surface area contributed by atoms with Crippen molar-refractivity contribution in [3.8, 4) is 0 Å². The lowest BCUT2D eigenvalue weighted by atomic mass is 10.2. The molecule has 0 heterocycles. The second-order valence-electron chi connectivity index (χ2n) is 5.75. The Kier molecular flexibility index (Phi) is 5.25. The summed E-state index contributed by atoms with van der Waals surface area (Å²) in [5.74, 6) is -0.276. The molecule has 128 valence electrons. The molecule has 0 unspecified atom stereocenters. The molecule has 0 atom stereocenters. The molecular formula is C22H22O2S. The van der Waals surface area contributed by atoms with Crippen molar-refractivity contribution >= 4 is 16.3 Å². The van der Waals surface area contributed by atoms with E-state index in [0.717, 1.165) is 21.1 Å². The molecule has 0 spiro atoms. The van der Waals surface area contributed by atoms with Crippen LogP contribution < -0.4 is 0 Å². The Hall–Kier alpha value is -2.52. The Balaban J connectivity index is 2.29. The van der Waals surface area contributed by atoms with Crippen LogP contribution in [0, 0.1) is 0 Å². The summed E-state index contributed by atoms with van der Waals surface area (Å²) in [6.07, 6.45) is 0.979. The van der Waals surface area contributed by atoms with E-state index in [0.29, 0.717) is 0 Å². The Morgan fingerprint density at radius 3 is 1.60 bits per heavy atom. The van der Waals surface area contributed by atoms with Crippen LogP contribution in [0.25, 0.3) is 0 Å². The molecule has 3 aromatic carbocycles. The van der Waals surface area contributed by atoms with Crippen LogP contribution >= 0.6 is 10.3 Å². The van der Waals surface area contributed by atoms with E-state index in [2.05, 4.69) is 31.2 Å². The van der Waals surface area contributed by atoms with Crippen LogP contribution in [-0.4, -0.2) is 5.97 Å². The molecule has 0 radical (unpaired) electrons. The van der Waals surface area contributed by atoms with Crippen molar-refractivity contribution in [2.75, 3.05) is 0 Å². The van der Waals surface area contributed by atoms with Crippen molar-refractivity contribution in [3.63, 3.8) is 0 Å². The maximum absolute atomic E-state index is 12.1. The average molecular weight is 350 g/mol. The monoisotopic (exact) mass is 350 g/mol. The third-order valence-corrected chi connectivity index (χ3v) is 7.35. The molecule has 2 nitrogen and oxygen atoms in total. The van der Waals surface area contributed by atoms with Crippen LogP contribution in [0.5, 0.6) is 0 Å². The van der Waals surface area contributed by atoms with Crippen LogP contribution in [0.15, 0.2) is 99.6 Å². The van der Waals surface area contributed by atoms with Gasteiger partial charge in [-0.2, -0.15) is 0 Å². The van der Waals surface area contributed by atoms with Crippen LogP contribution in [0.2, 0.25) is 0 Å². The molecule has 3 rings (SSSR count). The molecule has 0 aliphatic heterocycles. The van der Waals surface area contributed by atoms with Gasteiger partial charge >= 0.3 is 5.97 Å². The summed E-state index contributed by atoms with van der Waals surface area (Å²) in [7, 11) is -2.11. The summed E-state index contributed by atoms with van der Waals surface area (Å²) < 4.78 is 6.11. The van der Waals surface area contributed by atoms with Gasteiger partial charge in [0.25, 0.3) is 0 Å². The molecule has 0 fully saturated rings. The van der Waals surface area contributed by atoms with Crippen LogP contribution in [0.4, 0.5) is 0 Å². The minimum Gasteiger partial charge on any atom is -0.402 e. The molecule has 0 aliphatic carbocycles. The lowest BCUT2D eigenvalue weighted by Gasteiger charge is -2.39. The first-order chi connectivity index (χ1) is 12.2. The van der Waals surface area contributed by atoms with Gasteiger partial charge in [-0.15, -0.1) is 0 Å². The van der Waals surface area contributed by atoms with Gasteiger partial charge in [-0.25, -0.2) is 0 Å². The van der Waals surface area contributed by atoms with E-state index in [9.17, 15) is 4.79 Å². The molecule has 3 heteroatoms. The minimum absolute atomic E-state index is 0.276. The summed E-state index contributed by atoms with van der Waals surface area (Å²) in [4.78, 5) is 15.2. The largest absolute Gasteiger partial charge is 0.402 e. The number of hydrogen-bond acceptors (Lipinski definition) is 2. The summed E-state index contributed by atoms with van der Waals surface area (Å²) in [6.45, 7) is 3.61. The van der Waals surface area contributed by atoms with Crippen molar-refractivity contribution in [1.29, 1.82) is 0 Å². The smallest absolute Gasteiger partial charge is 0.313 e. The Labute approximate surface area is 151 Å². The number of carbonyl (C=O) groups excluding carboxylic acids is 1. The van der Waals surface area contributed by atoms with Crippen molar-refractivity contribution in [3.05, 3.63) is 90.5 Å². The summed E-state index contributed by atoms with van der Waals surface area (Å²) in [5.41, 5.74) is 1.26. The van der Waals surface area contributed by atoms with Crippen LogP contribution in [0.1, 0.15) is 19.4 Å². The molecule has 0 saturated carbocycles. The molecule has 3 aromatic rings. The number of rotatable bonds is 5. The number of aryl methyl sites for hydroxylation is 1. The SMILES string of the molecule is CCc1ccc(S(OC(C)=O)(c2ccccc2)c2ccccc2)cc1. The summed E-state index contributed by atoms with van der Waals surface area (Å²) in [6, 6.07) is 28.5. The van der Waals surface area contributed by atoms with Crippen LogP contribution in [0.3, 0.4) is 0 Å². The normalized spacial score (nSPS) is 11.8. The zero-order valence-corrected chi connectivity index (χ0v) is 15.3. The molecule has 0 N–H and O–H groups in total. The van der Waals surface area contributed by atoms with E-state index in [-0.39, 0.29) is 5.97 Å². The molecule has 0 bridgehead atoms. The standard InChI is InChI=1S/C22H22O2S/c1-3-19-14-16-22(17-15-19)25(24-18(2)23,20-10-6-4-7-11-20)21-12-8-5-9-13-21/h4-17H,3H2,1-2H3. The van der Waals surface area contributed by atoms with Gasteiger partial charge in [-0.05, 0) is 58.7 Å². The molecule has 0 aromatic heterocycles. The predicted molar refractivity (Wildman–Crippen MR) is 103 cm³/mol. The van der Waals surface area contributed by atoms with Gasteiger partial charge in [-0.3, -0.25) is 4.79 Å². The van der Waals surface area contributed by atoms with Gasteiger partial charge in [0.15, 0.2) is 0 Å². The van der Waals surface area contributed by atoms with E-state index < -0.39 is 10.3 Å². The van der Waals surface area contributed by atoms with Crippen molar-refractivity contribution in [2.45, 2.75) is 35.0 Å². The van der Waals surface area contributed by atoms with Crippen molar-refractivity contribution < 1.29 is 8.98 Å². The van der Waals surface area contributed by atoms with E-state index in [1.165, 1.54) is 12.5 Å². The molecular weight excluding hydrogens is 328 g/mol. The van der Waals surface area contributed by atoms with Gasteiger partial charge in [-0.1, -0.05) is 55.5 Å². The maximum atomic E-state index is 12.1. The Bertz CT molecular complexity index is 787. The quantitative estimate of drug-likeness (QED) is 0.563. The van der Waals surface area contributed by atoms with Crippen molar-refractivity contribution in [2.24, 2.45) is 0 Å². The average Bonchev–Trinajstić information content (AvgIpc) is 2.67. The van der Waals surface area contributed by atoms with E-state index >= 15 is 0 Å². The highest BCUT2D eigenvalue weighted by Crippen LogP contribution is 2.69. The molecule has 0 aliphatic rings. The topological polar surface area (TPSA) is 26.3 Å². The Morgan fingerprint density at radius 1 is 0.760 bits per heavy atom. The van der Waals surface area contributed by atoms with Crippen LogP contribution in [-0.2, 0) is 15.4 Å². The third-order valence-electron chi connectivity index (χ3n) is 4.06. The van der Waals surface area contributed by atoms with E-state index in [4.69, 9.17) is 4.18 Å². The number of hydrogen-bond donors (Lipinski definition) is 0. The fourth-order valence-corrected chi connectivity index (χ4v) is 5.93. The number of carbonyl (C=O) groups is 1. The highest BCUT2D eigenvalue weighted by Gasteiger charge is 2.34. The molecule has 25 heavy (non-hydrogen) atoms.